The number of hydrogen-bond acceptors (Lipinski definition) is 3. The highest BCUT2D eigenvalue weighted by Gasteiger charge is 2.29. The minimum absolute atomic E-state index is 0.0337. The van der Waals surface area contributed by atoms with E-state index in [9.17, 15) is 4.79 Å². The third-order valence-electron chi connectivity index (χ3n) is 4.47. The second-order valence-electron chi connectivity index (χ2n) is 7.53. The van der Waals surface area contributed by atoms with Gasteiger partial charge in [-0.05, 0) is 36.0 Å². The number of hydrogen-bond donors (Lipinski definition) is 2. The van der Waals surface area contributed by atoms with Gasteiger partial charge in [0.15, 0.2) is 0 Å². The lowest BCUT2D eigenvalue weighted by Crippen LogP contribution is -2.53. The highest BCUT2D eigenvalue weighted by atomic mass is 35.5. The third-order valence-corrected chi connectivity index (χ3v) is 4.72. The monoisotopic (exact) mass is 337 g/mol. The molecule has 0 radical (unpaired) electrons. The molecule has 0 unspecified atom stereocenters. The van der Waals surface area contributed by atoms with E-state index in [0.29, 0.717) is 0 Å². The summed E-state index contributed by atoms with van der Waals surface area (Å²) in [5, 5.41) is 3.88. The fourth-order valence-corrected chi connectivity index (χ4v) is 2.89. The highest BCUT2D eigenvalue weighted by Crippen LogP contribution is 2.19. The second kappa shape index (κ2) is 7.65. The van der Waals surface area contributed by atoms with Crippen LogP contribution in [-0.2, 0) is 11.3 Å². The molecular weight excluding hydrogens is 310 g/mol. The molecule has 1 aliphatic rings. The maximum Gasteiger partial charge on any atom is 0.237 e. The maximum atomic E-state index is 12.2. The summed E-state index contributed by atoms with van der Waals surface area (Å²) in [5.74, 6) is -0.0337. The predicted molar refractivity (Wildman–Crippen MR) is 95.3 cm³/mol. The molecule has 1 fully saturated rings. The van der Waals surface area contributed by atoms with Gasteiger partial charge in [0.05, 0.1) is 6.04 Å². The van der Waals surface area contributed by atoms with Crippen LogP contribution in [0.1, 0.15) is 39.2 Å². The Morgan fingerprint density at radius 3 is 2.39 bits per heavy atom. The Morgan fingerprint density at radius 1 is 1.30 bits per heavy atom. The third kappa shape index (κ3) is 5.48. The molecule has 1 saturated heterocycles. The molecule has 4 nitrogen and oxygen atoms in total. The minimum Gasteiger partial charge on any atom is -0.352 e. The van der Waals surface area contributed by atoms with Crippen LogP contribution in [-0.4, -0.2) is 36.0 Å². The molecule has 2 rings (SSSR count). The van der Waals surface area contributed by atoms with Crippen LogP contribution in [0.4, 0.5) is 0 Å². The zero-order valence-electron chi connectivity index (χ0n) is 14.3. The molecule has 128 valence electrons. The molecule has 0 aromatic heterocycles. The zero-order valence-corrected chi connectivity index (χ0v) is 15.1. The van der Waals surface area contributed by atoms with E-state index in [2.05, 4.69) is 22.3 Å². The van der Waals surface area contributed by atoms with E-state index < -0.39 is 6.04 Å². The molecule has 0 bridgehead atoms. The van der Waals surface area contributed by atoms with Crippen LogP contribution in [0, 0.1) is 5.41 Å². The highest BCUT2D eigenvalue weighted by molar-refractivity contribution is 6.30. The Balaban J connectivity index is 1.77. The molecule has 5 heteroatoms. The summed E-state index contributed by atoms with van der Waals surface area (Å²) in [6.07, 6.45) is 1.94. The zero-order chi connectivity index (χ0) is 17.0. The average Bonchev–Trinajstić information content (AvgIpc) is 2.50. The number of likely N-dealkylation sites (tertiary alicyclic amines) is 1. The van der Waals surface area contributed by atoms with Crippen molar-refractivity contribution in [1.29, 1.82) is 0 Å². The number of rotatable bonds is 4. The van der Waals surface area contributed by atoms with Crippen molar-refractivity contribution in [3.05, 3.63) is 34.9 Å². The lowest BCUT2D eigenvalue weighted by Gasteiger charge is -2.34. The van der Waals surface area contributed by atoms with Crippen LogP contribution in [0.5, 0.6) is 0 Å². The van der Waals surface area contributed by atoms with Crippen LogP contribution < -0.4 is 11.1 Å². The summed E-state index contributed by atoms with van der Waals surface area (Å²) in [5.41, 5.74) is 7.08. The number of nitrogens with two attached hydrogens (primary N) is 1. The molecule has 1 aromatic rings. The fourth-order valence-electron chi connectivity index (χ4n) is 2.77. The topological polar surface area (TPSA) is 58.4 Å². The van der Waals surface area contributed by atoms with Crippen molar-refractivity contribution in [1.82, 2.24) is 10.2 Å². The van der Waals surface area contributed by atoms with Crippen molar-refractivity contribution >= 4 is 17.5 Å². The van der Waals surface area contributed by atoms with Crippen molar-refractivity contribution in [3.8, 4) is 0 Å². The van der Waals surface area contributed by atoms with Gasteiger partial charge in [-0.25, -0.2) is 0 Å². The smallest absolute Gasteiger partial charge is 0.237 e. The van der Waals surface area contributed by atoms with Crippen LogP contribution in [0.25, 0.3) is 0 Å². The van der Waals surface area contributed by atoms with E-state index in [1.807, 2.05) is 32.9 Å². The van der Waals surface area contributed by atoms with Crippen molar-refractivity contribution in [2.24, 2.45) is 11.1 Å². The number of carbonyl (C=O) groups is 1. The summed E-state index contributed by atoms with van der Waals surface area (Å²) >= 11 is 5.92. The van der Waals surface area contributed by atoms with Gasteiger partial charge in [0.1, 0.15) is 0 Å². The molecular formula is C18H28ClN3O. The fraction of sp³-hybridized carbons (Fsp3) is 0.611. The van der Waals surface area contributed by atoms with E-state index in [1.54, 1.807) is 0 Å². The number of amides is 1. The SMILES string of the molecule is CC(C)(C)[C@H](N)C(=O)NC1CCN(Cc2ccc(Cl)cc2)CC1. The summed E-state index contributed by atoms with van der Waals surface area (Å²) in [6, 6.07) is 7.76. The Kier molecular flexibility index (Phi) is 6.06. The molecule has 0 aliphatic carbocycles. The molecule has 1 atom stereocenters. The number of nitrogens with zero attached hydrogens (tertiary/aromatic N) is 1. The first kappa shape index (κ1) is 18.2. The first-order chi connectivity index (χ1) is 10.8. The van der Waals surface area contributed by atoms with Crippen molar-refractivity contribution in [2.75, 3.05) is 13.1 Å². The van der Waals surface area contributed by atoms with E-state index in [1.165, 1.54) is 5.56 Å². The van der Waals surface area contributed by atoms with Crippen LogP contribution in [0.2, 0.25) is 5.02 Å². The standard InChI is InChI=1S/C18H28ClN3O/c1-18(2,3)16(20)17(23)21-15-8-10-22(11-9-15)12-13-4-6-14(19)7-5-13/h4-7,15-16H,8-12,20H2,1-3H3,(H,21,23)/t16-/m1/s1. The van der Waals surface area contributed by atoms with Gasteiger partial charge in [0, 0.05) is 30.7 Å². The van der Waals surface area contributed by atoms with Crippen LogP contribution in [0.15, 0.2) is 24.3 Å². The van der Waals surface area contributed by atoms with E-state index >= 15 is 0 Å². The Bertz CT molecular complexity index is 516. The molecule has 3 N–H and O–H groups in total. The lowest BCUT2D eigenvalue weighted by atomic mass is 9.86. The molecule has 0 saturated carbocycles. The van der Waals surface area contributed by atoms with E-state index in [4.69, 9.17) is 17.3 Å². The Hall–Kier alpha value is -1.10. The Morgan fingerprint density at radius 2 is 1.87 bits per heavy atom. The summed E-state index contributed by atoms with van der Waals surface area (Å²) < 4.78 is 0. The largest absolute Gasteiger partial charge is 0.352 e. The minimum atomic E-state index is -0.463. The first-order valence-corrected chi connectivity index (χ1v) is 8.66. The summed E-state index contributed by atoms with van der Waals surface area (Å²) in [7, 11) is 0. The van der Waals surface area contributed by atoms with Gasteiger partial charge in [-0.3, -0.25) is 9.69 Å². The second-order valence-corrected chi connectivity index (χ2v) is 7.97. The molecule has 23 heavy (non-hydrogen) atoms. The van der Waals surface area contributed by atoms with Gasteiger partial charge in [-0.1, -0.05) is 44.5 Å². The van der Waals surface area contributed by atoms with Gasteiger partial charge in [0.25, 0.3) is 0 Å². The molecule has 1 aliphatic heterocycles. The lowest BCUT2D eigenvalue weighted by molar-refractivity contribution is -0.125. The molecule has 1 heterocycles. The van der Waals surface area contributed by atoms with E-state index in [0.717, 1.165) is 37.5 Å². The van der Waals surface area contributed by atoms with Gasteiger partial charge < -0.3 is 11.1 Å². The molecule has 0 spiro atoms. The van der Waals surface area contributed by atoms with Crippen LogP contribution >= 0.6 is 11.6 Å². The van der Waals surface area contributed by atoms with Gasteiger partial charge in [0.2, 0.25) is 5.91 Å². The van der Waals surface area contributed by atoms with Crippen molar-refractivity contribution < 1.29 is 4.79 Å². The Labute approximate surface area is 144 Å². The van der Waals surface area contributed by atoms with Crippen LogP contribution in [0.3, 0.4) is 0 Å². The number of carbonyl (C=O) groups excluding carboxylic acids is 1. The summed E-state index contributed by atoms with van der Waals surface area (Å²) in [4.78, 5) is 14.6. The number of halogens is 1. The van der Waals surface area contributed by atoms with Gasteiger partial charge in [-0.15, -0.1) is 0 Å². The van der Waals surface area contributed by atoms with Crippen molar-refractivity contribution in [2.45, 2.75) is 52.2 Å². The average molecular weight is 338 g/mol. The maximum absolute atomic E-state index is 12.2. The van der Waals surface area contributed by atoms with Gasteiger partial charge >= 0.3 is 0 Å². The van der Waals surface area contributed by atoms with E-state index in [-0.39, 0.29) is 17.4 Å². The first-order valence-electron chi connectivity index (χ1n) is 8.28. The predicted octanol–water partition coefficient (Wildman–Crippen LogP) is 2.79. The number of piperidine rings is 1. The number of benzene rings is 1. The summed E-state index contributed by atoms with van der Waals surface area (Å²) in [6.45, 7) is 8.87. The normalized spacial score (nSPS) is 18.7. The molecule has 1 amide bonds. The molecule has 1 aromatic carbocycles. The van der Waals surface area contributed by atoms with Gasteiger partial charge in [-0.2, -0.15) is 0 Å². The quantitative estimate of drug-likeness (QED) is 0.888. The number of nitrogens with one attached hydrogen (secondary N) is 1. The van der Waals surface area contributed by atoms with Crippen molar-refractivity contribution in [3.63, 3.8) is 0 Å².